The molecule has 31 heavy (non-hydrogen) atoms. The lowest BCUT2D eigenvalue weighted by Crippen LogP contribution is -2.28. The number of nitrogens with zero attached hydrogens (tertiary/aromatic N) is 1. The zero-order valence-electron chi connectivity index (χ0n) is 16.2. The Morgan fingerprint density at radius 2 is 1.87 bits per heavy atom. The van der Waals surface area contributed by atoms with Crippen molar-refractivity contribution < 1.29 is 38.9 Å². The highest BCUT2D eigenvalue weighted by Gasteiger charge is 2.48. The van der Waals surface area contributed by atoms with Crippen molar-refractivity contribution in [2.45, 2.75) is 18.9 Å². The molecule has 8 nitrogen and oxygen atoms in total. The molecule has 0 aliphatic rings. The van der Waals surface area contributed by atoms with Gasteiger partial charge in [0.05, 0.1) is 13.7 Å². The molecule has 0 heterocycles. The van der Waals surface area contributed by atoms with E-state index in [2.05, 4.69) is 13.8 Å². The lowest BCUT2D eigenvalue weighted by Gasteiger charge is -2.12. The summed E-state index contributed by atoms with van der Waals surface area (Å²) in [7, 11) is -4.35. The average molecular weight is 478 g/mol. The van der Waals surface area contributed by atoms with Crippen LogP contribution in [0.15, 0.2) is 36.4 Å². The predicted octanol–water partition coefficient (Wildman–Crippen LogP) is 3.57. The molecule has 0 saturated carbocycles. The monoisotopic (exact) mass is 478 g/mol. The molecule has 0 amide bonds. The Labute approximate surface area is 179 Å². The van der Waals surface area contributed by atoms with Crippen LogP contribution in [-0.2, 0) is 27.8 Å². The minimum Gasteiger partial charge on any atom is -0.493 e. The Balaban J connectivity index is 1.96. The molecular weight excluding hydrogens is 461 g/mol. The first-order valence-electron chi connectivity index (χ1n) is 8.46. The topological polar surface area (TPSA) is 95.3 Å². The van der Waals surface area contributed by atoms with Crippen molar-refractivity contribution in [1.82, 2.24) is 4.72 Å². The van der Waals surface area contributed by atoms with Crippen LogP contribution in [-0.4, -0.2) is 31.8 Å². The lowest BCUT2D eigenvalue weighted by molar-refractivity contribution is -0.0500. The van der Waals surface area contributed by atoms with Crippen molar-refractivity contribution >= 4 is 27.1 Å². The number of alkyl halides is 3. The molecule has 2 aromatic rings. The molecular formula is C18H17F3N2O6S2. The molecule has 1 atom stereocenters. The average Bonchev–Trinajstić information content (AvgIpc) is 2.68. The molecule has 0 aromatic heterocycles. The summed E-state index contributed by atoms with van der Waals surface area (Å²) in [6.07, 6.45) is 0.312. The van der Waals surface area contributed by atoms with Crippen LogP contribution in [0.25, 0.3) is 4.85 Å². The number of benzene rings is 2. The van der Waals surface area contributed by atoms with Gasteiger partial charge in [-0.15, -0.1) is 0 Å². The van der Waals surface area contributed by atoms with Gasteiger partial charge in [-0.3, -0.25) is 0 Å². The Hall–Kier alpha value is -2.82. The molecule has 0 saturated heterocycles. The fraction of sp³-hybridized carbons (Fsp3) is 0.278. The first kappa shape index (κ1) is 24.4. The van der Waals surface area contributed by atoms with Crippen LogP contribution in [0.2, 0.25) is 0 Å². The maximum absolute atomic E-state index is 12.4. The second-order valence-electron chi connectivity index (χ2n) is 5.98. The molecule has 13 heteroatoms. The van der Waals surface area contributed by atoms with Crippen molar-refractivity contribution in [2.75, 3.05) is 13.7 Å². The van der Waals surface area contributed by atoms with E-state index in [1.54, 1.807) is 6.92 Å². The van der Waals surface area contributed by atoms with Crippen molar-refractivity contribution in [3.8, 4) is 17.2 Å². The SMILES string of the molecule is [C-]#[N+]c1ccc(OC)c(OS(=O)NCCc2ccc(OS(=O)(=O)C(F)(F)F)cc2C)c1. The quantitative estimate of drug-likeness (QED) is 0.336. The van der Waals surface area contributed by atoms with Gasteiger partial charge in [-0.2, -0.15) is 25.8 Å². The van der Waals surface area contributed by atoms with Gasteiger partial charge < -0.3 is 13.1 Å². The Morgan fingerprint density at radius 1 is 1.16 bits per heavy atom. The Kier molecular flexibility index (Phi) is 7.88. The molecule has 1 unspecified atom stereocenters. The zero-order valence-corrected chi connectivity index (χ0v) is 17.9. The van der Waals surface area contributed by atoms with Crippen LogP contribution < -0.4 is 17.8 Å². The largest absolute Gasteiger partial charge is 0.534 e. The van der Waals surface area contributed by atoms with Crippen molar-refractivity contribution in [1.29, 1.82) is 0 Å². The van der Waals surface area contributed by atoms with Crippen LogP contribution >= 0.6 is 0 Å². The summed E-state index contributed by atoms with van der Waals surface area (Å²) in [5.41, 5.74) is -4.10. The minimum absolute atomic E-state index is 0.116. The number of ether oxygens (including phenoxy) is 1. The van der Waals surface area contributed by atoms with Crippen molar-refractivity contribution in [3.05, 3.63) is 58.9 Å². The molecule has 0 aliphatic carbocycles. The van der Waals surface area contributed by atoms with E-state index in [0.717, 1.165) is 12.1 Å². The molecule has 0 spiro atoms. The second-order valence-corrected chi connectivity index (χ2v) is 8.44. The van der Waals surface area contributed by atoms with E-state index in [1.165, 1.54) is 31.4 Å². The van der Waals surface area contributed by atoms with E-state index in [-0.39, 0.29) is 18.0 Å². The summed E-state index contributed by atoms with van der Waals surface area (Å²) in [6.45, 7) is 8.74. The van der Waals surface area contributed by atoms with Gasteiger partial charge in [-0.25, -0.2) is 9.57 Å². The van der Waals surface area contributed by atoms with Gasteiger partial charge >= 0.3 is 15.6 Å². The van der Waals surface area contributed by atoms with Crippen LogP contribution in [0.1, 0.15) is 11.1 Å². The molecule has 168 valence electrons. The summed E-state index contributed by atoms with van der Waals surface area (Å²) in [5.74, 6) is -0.0570. The van der Waals surface area contributed by atoms with Gasteiger partial charge in [-0.1, -0.05) is 12.1 Å². The summed E-state index contributed by atoms with van der Waals surface area (Å²) in [4.78, 5) is 3.25. The highest BCUT2D eigenvalue weighted by atomic mass is 32.2. The Bertz CT molecular complexity index is 1110. The first-order valence-corrected chi connectivity index (χ1v) is 10.9. The molecule has 0 bridgehead atoms. The summed E-state index contributed by atoms with van der Waals surface area (Å²) >= 11 is -1.96. The number of rotatable bonds is 9. The van der Waals surface area contributed by atoms with E-state index in [0.29, 0.717) is 23.3 Å². The summed E-state index contributed by atoms with van der Waals surface area (Å²) in [6, 6.07) is 8.07. The number of hydrogen-bond donors (Lipinski definition) is 1. The molecule has 0 radical (unpaired) electrons. The molecule has 2 rings (SSSR count). The fourth-order valence-corrected chi connectivity index (χ4v) is 3.43. The van der Waals surface area contributed by atoms with Gasteiger partial charge in [0.1, 0.15) is 5.75 Å². The molecule has 0 fully saturated rings. The fourth-order valence-electron chi connectivity index (χ4n) is 2.35. The number of methoxy groups -OCH3 is 1. The maximum atomic E-state index is 12.4. The first-order chi connectivity index (χ1) is 14.5. The molecule has 1 N–H and O–H groups in total. The summed E-state index contributed by atoms with van der Waals surface area (Å²) < 4.78 is 88.5. The molecule has 2 aromatic carbocycles. The highest BCUT2D eigenvalue weighted by Crippen LogP contribution is 2.32. The van der Waals surface area contributed by atoms with Crippen molar-refractivity contribution in [3.63, 3.8) is 0 Å². The zero-order chi connectivity index (χ0) is 23.2. The van der Waals surface area contributed by atoms with Crippen LogP contribution in [0, 0.1) is 13.5 Å². The number of hydrogen-bond acceptors (Lipinski definition) is 6. The van der Waals surface area contributed by atoms with E-state index in [9.17, 15) is 25.8 Å². The number of halogens is 3. The summed E-state index contributed by atoms with van der Waals surface area (Å²) in [5, 5.41) is 0. The normalized spacial score (nSPS) is 12.6. The van der Waals surface area contributed by atoms with E-state index >= 15 is 0 Å². The van der Waals surface area contributed by atoms with E-state index in [4.69, 9.17) is 15.5 Å². The maximum Gasteiger partial charge on any atom is 0.534 e. The number of aryl methyl sites for hydroxylation is 1. The minimum atomic E-state index is -5.75. The van der Waals surface area contributed by atoms with Gasteiger partial charge in [0.25, 0.3) is 11.3 Å². The third-order valence-electron chi connectivity index (χ3n) is 3.86. The van der Waals surface area contributed by atoms with Gasteiger partial charge in [0, 0.05) is 6.54 Å². The lowest BCUT2D eigenvalue weighted by atomic mass is 10.1. The van der Waals surface area contributed by atoms with Gasteiger partial charge in [0.2, 0.25) is 0 Å². The van der Waals surface area contributed by atoms with E-state index < -0.39 is 32.6 Å². The Morgan fingerprint density at radius 3 is 2.45 bits per heavy atom. The van der Waals surface area contributed by atoms with Gasteiger partial charge in [-0.05, 0) is 48.7 Å². The highest BCUT2D eigenvalue weighted by molar-refractivity contribution is 7.88. The van der Waals surface area contributed by atoms with Gasteiger partial charge in [0.15, 0.2) is 17.2 Å². The van der Waals surface area contributed by atoms with E-state index in [1.807, 2.05) is 0 Å². The van der Waals surface area contributed by atoms with Crippen LogP contribution in [0.5, 0.6) is 17.2 Å². The van der Waals surface area contributed by atoms with Crippen LogP contribution in [0.4, 0.5) is 18.9 Å². The van der Waals surface area contributed by atoms with Crippen molar-refractivity contribution in [2.24, 2.45) is 0 Å². The van der Waals surface area contributed by atoms with Crippen LogP contribution in [0.3, 0.4) is 0 Å². The third-order valence-corrected chi connectivity index (χ3v) is 5.61. The molecule has 0 aliphatic heterocycles. The predicted molar refractivity (Wildman–Crippen MR) is 107 cm³/mol. The standard InChI is InChI=1S/C18H17F3N2O6S2/c1-12-10-15(29-31(25,26)18(19,20)21)6-4-13(12)8-9-23-30(24)28-17-11-14(22-2)5-7-16(17)27-3/h4-7,10-11,23H,8-9H2,1,3H3. The smallest absolute Gasteiger partial charge is 0.493 e. The number of nitrogens with one attached hydrogen (secondary N) is 1. The third kappa shape index (κ3) is 6.58. The second kappa shape index (κ2) is 9.99.